The van der Waals surface area contributed by atoms with Crippen molar-refractivity contribution in [3.05, 3.63) is 76.1 Å². The molecule has 1 fully saturated rings. The van der Waals surface area contributed by atoms with E-state index < -0.39 is 28.9 Å². The minimum atomic E-state index is -4.57. The van der Waals surface area contributed by atoms with Gasteiger partial charge in [0.25, 0.3) is 5.56 Å². The van der Waals surface area contributed by atoms with Crippen LogP contribution in [0, 0.1) is 11.6 Å². The normalized spacial score (nSPS) is 14.7. The van der Waals surface area contributed by atoms with E-state index in [-0.39, 0.29) is 34.8 Å². The van der Waals surface area contributed by atoms with Crippen LogP contribution < -0.4 is 15.8 Å². The van der Waals surface area contributed by atoms with Gasteiger partial charge in [-0.05, 0) is 49.2 Å². The number of nitrogens with one attached hydrogen (secondary N) is 1. The number of nitrogens with zero attached hydrogens (tertiary/aromatic N) is 3. The number of hydrogen-bond donors (Lipinski definition) is 1. The predicted octanol–water partition coefficient (Wildman–Crippen LogP) is 4.69. The number of amides is 1. The molecule has 0 spiro atoms. The largest absolute Gasteiger partial charge is 0.416 e. The number of hydrogen-bond acceptors (Lipinski definition) is 4. The molecule has 0 unspecified atom stereocenters. The van der Waals surface area contributed by atoms with Gasteiger partial charge in [-0.2, -0.15) is 13.2 Å². The topological polar surface area (TPSA) is 67.2 Å². The van der Waals surface area contributed by atoms with E-state index >= 15 is 0 Å². The van der Waals surface area contributed by atoms with E-state index in [9.17, 15) is 31.5 Å². The first-order valence-corrected chi connectivity index (χ1v) is 11.4. The standard InChI is InChI=1S/C25H23F5N4O2/c1-2-22(35)31-17-9-11-33(12-10-17)21-14-23(36)34(18-6-3-15(4-7-18)25(28,29)30)24(32-21)19-8-5-16(26)13-20(19)27/h3-8,13-14,17H,2,9-12H2,1H3,(H,31,35). The van der Waals surface area contributed by atoms with Gasteiger partial charge in [0.15, 0.2) is 5.82 Å². The molecule has 3 aromatic rings. The quantitative estimate of drug-likeness (QED) is 0.510. The number of benzene rings is 2. The van der Waals surface area contributed by atoms with Crippen LogP contribution in [0.25, 0.3) is 17.1 Å². The number of aromatic nitrogens is 2. The summed E-state index contributed by atoms with van der Waals surface area (Å²) in [6.07, 6.45) is -2.98. The third kappa shape index (κ3) is 5.39. The highest BCUT2D eigenvalue weighted by molar-refractivity contribution is 5.75. The molecular weight excluding hydrogens is 483 g/mol. The maximum absolute atomic E-state index is 14.8. The van der Waals surface area contributed by atoms with Gasteiger partial charge in [-0.15, -0.1) is 0 Å². The fraction of sp³-hybridized carbons (Fsp3) is 0.320. The first-order chi connectivity index (χ1) is 17.1. The smallest absolute Gasteiger partial charge is 0.356 e. The van der Waals surface area contributed by atoms with Crippen LogP contribution in [0.4, 0.5) is 27.8 Å². The number of carbonyl (C=O) groups excluding carboxylic acids is 1. The van der Waals surface area contributed by atoms with E-state index in [0.717, 1.165) is 41.0 Å². The molecule has 0 bridgehead atoms. The van der Waals surface area contributed by atoms with E-state index in [1.165, 1.54) is 6.07 Å². The number of carbonyl (C=O) groups is 1. The third-order valence-corrected chi connectivity index (χ3v) is 6.04. The number of alkyl halides is 3. The van der Waals surface area contributed by atoms with Crippen LogP contribution in [0.3, 0.4) is 0 Å². The van der Waals surface area contributed by atoms with Gasteiger partial charge in [-0.3, -0.25) is 14.2 Å². The van der Waals surface area contributed by atoms with Crippen molar-refractivity contribution in [1.29, 1.82) is 0 Å². The van der Waals surface area contributed by atoms with Crippen molar-refractivity contribution in [2.75, 3.05) is 18.0 Å². The Morgan fingerprint density at radius 1 is 1.06 bits per heavy atom. The number of piperidine rings is 1. The maximum Gasteiger partial charge on any atom is 0.416 e. The van der Waals surface area contributed by atoms with Crippen LogP contribution in [0.15, 0.2) is 53.3 Å². The second kappa shape index (κ2) is 10.1. The molecule has 0 atom stereocenters. The molecule has 1 aliphatic rings. The Labute approximate surface area is 203 Å². The fourth-order valence-electron chi connectivity index (χ4n) is 4.12. The Morgan fingerprint density at radius 3 is 2.31 bits per heavy atom. The molecule has 2 aromatic carbocycles. The summed E-state index contributed by atoms with van der Waals surface area (Å²) < 4.78 is 68.4. The number of halogens is 5. The van der Waals surface area contributed by atoms with E-state index in [2.05, 4.69) is 10.3 Å². The van der Waals surface area contributed by atoms with Crippen molar-refractivity contribution in [1.82, 2.24) is 14.9 Å². The third-order valence-electron chi connectivity index (χ3n) is 6.04. The molecule has 6 nitrogen and oxygen atoms in total. The molecular formula is C25H23F5N4O2. The second-order valence-electron chi connectivity index (χ2n) is 8.46. The van der Waals surface area contributed by atoms with Crippen molar-refractivity contribution >= 4 is 11.7 Å². The van der Waals surface area contributed by atoms with Crippen molar-refractivity contribution in [2.45, 2.75) is 38.4 Å². The van der Waals surface area contributed by atoms with Gasteiger partial charge >= 0.3 is 6.18 Å². The summed E-state index contributed by atoms with van der Waals surface area (Å²) in [4.78, 5) is 31.2. The molecule has 1 N–H and O–H groups in total. The molecule has 0 saturated carbocycles. The molecule has 190 valence electrons. The summed E-state index contributed by atoms with van der Waals surface area (Å²) in [5, 5.41) is 2.93. The van der Waals surface area contributed by atoms with Gasteiger partial charge < -0.3 is 10.2 Å². The first kappa shape index (κ1) is 25.3. The lowest BCUT2D eigenvalue weighted by molar-refractivity contribution is -0.137. The lowest BCUT2D eigenvalue weighted by atomic mass is 10.0. The Morgan fingerprint density at radius 2 is 1.72 bits per heavy atom. The summed E-state index contributed by atoms with van der Waals surface area (Å²) >= 11 is 0. The van der Waals surface area contributed by atoms with E-state index in [0.29, 0.717) is 38.4 Å². The zero-order valence-corrected chi connectivity index (χ0v) is 19.3. The van der Waals surface area contributed by atoms with Gasteiger partial charge in [0.2, 0.25) is 5.91 Å². The molecule has 0 radical (unpaired) electrons. The average molecular weight is 506 g/mol. The van der Waals surface area contributed by atoms with Crippen molar-refractivity contribution < 1.29 is 26.7 Å². The van der Waals surface area contributed by atoms with Crippen LogP contribution in [0.2, 0.25) is 0 Å². The van der Waals surface area contributed by atoms with Gasteiger partial charge in [0.05, 0.1) is 16.8 Å². The number of anilines is 1. The molecule has 1 amide bonds. The molecule has 4 rings (SSSR count). The molecule has 0 aliphatic carbocycles. The van der Waals surface area contributed by atoms with Gasteiger partial charge in [-0.25, -0.2) is 13.8 Å². The van der Waals surface area contributed by atoms with Crippen LogP contribution in [-0.4, -0.2) is 34.6 Å². The van der Waals surface area contributed by atoms with Crippen molar-refractivity contribution in [3.63, 3.8) is 0 Å². The van der Waals surface area contributed by atoms with Crippen LogP contribution in [-0.2, 0) is 11.0 Å². The highest BCUT2D eigenvalue weighted by Crippen LogP contribution is 2.31. The van der Waals surface area contributed by atoms with Crippen LogP contribution >= 0.6 is 0 Å². The lowest BCUT2D eigenvalue weighted by Gasteiger charge is -2.33. The maximum atomic E-state index is 14.8. The van der Waals surface area contributed by atoms with Crippen molar-refractivity contribution in [3.8, 4) is 17.1 Å². The zero-order valence-electron chi connectivity index (χ0n) is 19.3. The fourth-order valence-corrected chi connectivity index (χ4v) is 4.12. The summed E-state index contributed by atoms with van der Waals surface area (Å²) in [6, 6.07) is 7.82. The molecule has 1 aliphatic heterocycles. The Balaban J connectivity index is 1.75. The molecule has 1 aromatic heterocycles. The SMILES string of the molecule is CCC(=O)NC1CCN(c2cc(=O)n(-c3ccc(C(F)(F)F)cc3)c(-c3ccc(F)cc3F)n2)CC1. The van der Waals surface area contributed by atoms with Crippen LogP contribution in [0.1, 0.15) is 31.7 Å². The molecule has 1 saturated heterocycles. The minimum absolute atomic E-state index is 0.0183. The highest BCUT2D eigenvalue weighted by atomic mass is 19.4. The minimum Gasteiger partial charge on any atom is -0.356 e. The average Bonchev–Trinajstić information content (AvgIpc) is 2.83. The summed E-state index contributed by atoms with van der Waals surface area (Å²) in [5.41, 5.74) is -1.68. The van der Waals surface area contributed by atoms with E-state index in [1.807, 2.05) is 4.90 Å². The lowest BCUT2D eigenvalue weighted by Crippen LogP contribution is -2.45. The first-order valence-electron chi connectivity index (χ1n) is 11.4. The van der Waals surface area contributed by atoms with Gasteiger partial charge in [0.1, 0.15) is 17.5 Å². The predicted molar refractivity (Wildman–Crippen MR) is 124 cm³/mol. The Bertz CT molecular complexity index is 1310. The second-order valence-corrected chi connectivity index (χ2v) is 8.46. The monoisotopic (exact) mass is 506 g/mol. The summed E-state index contributed by atoms with van der Waals surface area (Å²) in [5.74, 6) is -1.77. The van der Waals surface area contributed by atoms with E-state index in [1.54, 1.807) is 6.92 Å². The Kier molecular flexibility index (Phi) is 7.09. The zero-order chi connectivity index (χ0) is 26.0. The molecule has 2 heterocycles. The summed E-state index contributed by atoms with van der Waals surface area (Å²) in [6.45, 7) is 2.70. The highest BCUT2D eigenvalue weighted by Gasteiger charge is 2.30. The van der Waals surface area contributed by atoms with Gasteiger partial charge in [-0.1, -0.05) is 6.92 Å². The van der Waals surface area contributed by atoms with Gasteiger partial charge in [0, 0.05) is 37.7 Å². The molecule has 36 heavy (non-hydrogen) atoms. The van der Waals surface area contributed by atoms with E-state index in [4.69, 9.17) is 0 Å². The number of rotatable bonds is 5. The van der Waals surface area contributed by atoms with Crippen LogP contribution in [0.5, 0.6) is 0 Å². The summed E-state index contributed by atoms with van der Waals surface area (Å²) in [7, 11) is 0. The van der Waals surface area contributed by atoms with Crippen molar-refractivity contribution in [2.24, 2.45) is 0 Å². The Hall–Kier alpha value is -3.76. The molecule has 11 heteroatoms.